The van der Waals surface area contributed by atoms with Gasteiger partial charge < -0.3 is 35.0 Å². The molecule has 3 N–H and O–H groups in total. The van der Waals surface area contributed by atoms with Crippen LogP contribution in [0.3, 0.4) is 0 Å². The van der Waals surface area contributed by atoms with Gasteiger partial charge >= 0.3 is 5.97 Å². The summed E-state index contributed by atoms with van der Waals surface area (Å²) in [5.41, 5.74) is 7.89. The summed E-state index contributed by atoms with van der Waals surface area (Å²) in [7, 11) is 1.43. The molecule has 0 aliphatic carbocycles. The first kappa shape index (κ1) is 41.6. The number of esters is 1. The zero-order valence-corrected chi connectivity index (χ0v) is 30.2. The van der Waals surface area contributed by atoms with Crippen LogP contribution >= 0.6 is 11.8 Å². The monoisotopic (exact) mass is 709 g/mol. The Balaban J connectivity index is 0.00000127. The molecule has 1 amide bonds. The number of rotatable bonds is 15. The van der Waals surface area contributed by atoms with Gasteiger partial charge in [-0.05, 0) is 42.2 Å². The molecule has 1 saturated heterocycles. The maximum Gasteiger partial charge on any atom is 0.349 e. The van der Waals surface area contributed by atoms with Crippen LogP contribution in [0, 0.1) is 28.8 Å². The molecule has 13 heteroatoms. The number of amides is 1. The predicted molar refractivity (Wildman–Crippen MR) is 185 cm³/mol. The number of nitrogens with zero attached hydrogens (tertiary/aromatic N) is 1. The number of allylic oxidation sites excluding steroid dienone is 1. The number of nitrogens with two attached hydrogens (primary N) is 1. The van der Waals surface area contributed by atoms with Gasteiger partial charge in [0, 0.05) is 61.5 Å². The van der Waals surface area contributed by atoms with E-state index in [0.29, 0.717) is 31.2 Å². The van der Waals surface area contributed by atoms with Gasteiger partial charge in [0.1, 0.15) is 17.9 Å². The third-order valence-electron chi connectivity index (χ3n) is 7.13. The minimum atomic E-state index is -1.24. The van der Waals surface area contributed by atoms with Crippen molar-refractivity contribution in [2.75, 3.05) is 26.2 Å². The van der Waals surface area contributed by atoms with E-state index in [-0.39, 0.29) is 42.6 Å². The van der Waals surface area contributed by atoms with Crippen molar-refractivity contribution in [3.63, 3.8) is 0 Å². The molecule has 272 valence electrons. The number of aldehydes is 1. The summed E-state index contributed by atoms with van der Waals surface area (Å²) in [6.07, 6.45) is 3.20. The predicted octanol–water partition coefficient (Wildman–Crippen LogP) is 6.13. The van der Waals surface area contributed by atoms with Crippen molar-refractivity contribution < 1.29 is 41.8 Å². The number of ether oxygens (including phenoxy) is 3. The van der Waals surface area contributed by atoms with Crippen LogP contribution in [-0.2, 0) is 36.8 Å². The second-order valence-electron chi connectivity index (χ2n) is 13.0. The van der Waals surface area contributed by atoms with Gasteiger partial charge in [-0.3, -0.25) is 4.79 Å². The van der Waals surface area contributed by atoms with Crippen LogP contribution < -0.4 is 15.8 Å². The summed E-state index contributed by atoms with van der Waals surface area (Å²) in [5.74, 6) is -2.76. The smallest absolute Gasteiger partial charge is 0.349 e. The van der Waals surface area contributed by atoms with E-state index in [2.05, 4.69) is 5.32 Å². The van der Waals surface area contributed by atoms with Crippen molar-refractivity contribution >= 4 is 29.9 Å². The van der Waals surface area contributed by atoms with Gasteiger partial charge in [0.05, 0.1) is 0 Å². The Labute approximate surface area is 292 Å². The normalized spacial score (nSPS) is 16.0. The molecule has 0 spiro atoms. The fraction of sp³-hybridized carbons (Fsp3) is 0.528. The lowest BCUT2D eigenvalue weighted by Crippen LogP contribution is -2.42. The van der Waals surface area contributed by atoms with Gasteiger partial charge in [-0.1, -0.05) is 59.8 Å². The van der Waals surface area contributed by atoms with Crippen LogP contribution in [0.5, 0.6) is 5.75 Å². The molecule has 2 aromatic carbocycles. The average Bonchev–Trinajstić information content (AvgIpc) is 3.54. The molecule has 0 bridgehead atoms. The minimum absolute atomic E-state index is 0.00881. The van der Waals surface area contributed by atoms with Crippen molar-refractivity contribution in [3.8, 4) is 5.75 Å². The Hall–Kier alpha value is -3.55. The Morgan fingerprint density at radius 2 is 1.73 bits per heavy atom. The quantitative estimate of drug-likeness (QED) is 0.0974. The van der Waals surface area contributed by atoms with E-state index in [4.69, 9.17) is 19.9 Å². The van der Waals surface area contributed by atoms with Gasteiger partial charge in [0.2, 0.25) is 0 Å². The largest absolute Gasteiger partial charge is 0.478 e. The summed E-state index contributed by atoms with van der Waals surface area (Å²) < 4.78 is 56.8. The topological polar surface area (TPSA) is 120 Å². The van der Waals surface area contributed by atoms with Crippen molar-refractivity contribution in [2.24, 2.45) is 17.1 Å². The van der Waals surface area contributed by atoms with Crippen molar-refractivity contribution in [1.29, 1.82) is 0 Å². The number of thioether (sulfide) groups is 1. The lowest BCUT2D eigenvalue weighted by molar-refractivity contribution is -0.164. The number of nitrogens with one attached hydrogen (secondary N) is 1. The van der Waals surface area contributed by atoms with E-state index in [1.165, 1.54) is 18.9 Å². The number of carbonyl (C=O) groups excluding carboxylic acids is 3. The van der Waals surface area contributed by atoms with Crippen LogP contribution in [0.4, 0.5) is 13.2 Å². The van der Waals surface area contributed by atoms with Crippen molar-refractivity contribution in [3.05, 3.63) is 76.7 Å². The fourth-order valence-corrected chi connectivity index (χ4v) is 5.82. The number of hydrogen-bond acceptors (Lipinski definition) is 9. The maximum atomic E-state index is 14.2. The molecule has 1 aliphatic rings. The number of benzene rings is 2. The molecule has 0 saturated carbocycles. The van der Waals surface area contributed by atoms with Crippen LogP contribution in [0.15, 0.2) is 48.2 Å². The van der Waals surface area contributed by atoms with E-state index in [1.54, 1.807) is 12.1 Å². The van der Waals surface area contributed by atoms with E-state index in [0.717, 1.165) is 29.4 Å². The summed E-state index contributed by atoms with van der Waals surface area (Å²) in [4.78, 5) is 37.3. The zero-order valence-electron chi connectivity index (χ0n) is 29.4. The molecule has 9 nitrogen and oxygen atoms in total. The van der Waals surface area contributed by atoms with E-state index in [9.17, 15) is 27.6 Å². The zero-order chi connectivity index (χ0) is 36.7. The highest BCUT2D eigenvalue weighted by Gasteiger charge is 2.33. The first-order valence-corrected chi connectivity index (χ1v) is 17.3. The van der Waals surface area contributed by atoms with E-state index >= 15 is 0 Å². The molecular formula is C36H50F3N3O6S. The summed E-state index contributed by atoms with van der Waals surface area (Å²) >= 11 is 1.51. The number of hydrogen-bond donors (Lipinski definition) is 2. The highest BCUT2D eigenvalue weighted by Crippen LogP contribution is 2.30. The molecule has 3 unspecified atom stereocenters. The van der Waals surface area contributed by atoms with E-state index in [1.807, 2.05) is 64.7 Å². The molecule has 1 aliphatic heterocycles. The van der Waals surface area contributed by atoms with Crippen LogP contribution in [0.2, 0.25) is 0 Å². The maximum absolute atomic E-state index is 14.2. The van der Waals surface area contributed by atoms with Gasteiger partial charge in [-0.25, -0.2) is 18.0 Å². The average molecular weight is 710 g/mol. The molecule has 0 radical (unpaired) electrons. The van der Waals surface area contributed by atoms with Crippen molar-refractivity contribution in [1.82, 2.24) is 10.2 Å². The molecule has 3 atom stereocenters. The highest BCUT2D eigenvalue weighted by atomic mass is 32.2. The Bertz CT molecular complexity index is 1400. The third-order valence-corrected chi connectivity index (χ3v) is 8.33. The Morgan fingerprint density at radius 1 is 1.10 bits per heavy atom. The molecule has 3 rings (SSSR count). The third kappa shape index (κ3) is 14.1. The SMILES string of the molecule is CC(C)(C)C=O.CC/C=C(/CC(N)Cc1cc(F)c(F)cc1F)N1CCSC1C(=O)NCc1ccc(OC(C(=O)OCOC)C(C)C)cc1. The summed E-state index contributed by atoms with van der Waals surface area (Å²) in [6, 6.07) is 7.89. The van der Waals surface area contributed by atoms with Crippen molar-refractivity contribution in [2.45, 2.75) is 84.9 Å². The number of carbonyl (C=O) groups is 3. The van der Waals surface area contributed by atoms with Gasteiger partial charge in [-0.15, -0.1) is 11.8 Å². The first-order valence-electron chi connectivity index (χ1n) is 16.2. The lowest BCUT2D eigenvalue weighted by Gasteiger charge is -2.29. The number of halogens is 3. The van der Waals surface area contributed by atoms with Gasteiger partial charge in [-0.2, -0.15) is 0 Å². The molecule has 1 fully saturated rings. The Kier molecular flexibility index (Phi) is 17.2. The van der Waals surface area contributed by atoms with Crippen LogP contribution in [0.1, 0.15) is 65.5 Å². The summed E-state index contributed by atoms with van der Waals surface area (Å²) in [6.45, 7) is 12.1. The van der Waals surface area contributed by atoms with Crippen LogP contribution in [-0.4, -0.2) is 66.8 Å². The number of methoxy groups -OCH3 is 1. The summed E-state index contributed by atoms with van der Waals surface area (Å²) in [5, 5.41) is 2.51. The fourth-order valence-electron chi connectivity index (χ4n) is 4.64. The van der Waals surface area contributed by atoms with Crippen LogP contribution in [0.25, 0.3) is 0 Å². The highest BCUT2D eigenvalue weighted by molar-refractivity contribution is 8.00. The molecular weight excluding hydrogens is 659 g/mol. The standard InChI is InChI=1S/C31H40F3N3O5S.C5H10O/c1-5-6-23(15-22(35)13-21-14-26(33)27(34)16-25(21)32)37-11-12-43-30(37)29(38)36-17-20-7-9-24(10-8-20)42-28(19(2)3)31(39)41-18-40-4;1-5(2,3)4-6/h6-10,14,16,19,22,28,30H,5,11-13,15,17-18,35H2,1-4H3,(H,36,38);4H,1-3H3/b23-6-;. The van der Waals surface area contributed by atoms with Gasteiger partial charge in [0.25, 0.3) is 5.91 Å². The lowest BCUT2D eigenvalue weighted by atomic mass is 10.0. The van der Waals surface area contributed by atoms with Gasteiger partial charge in [0.15, 0.2) is 29.9 Å². The second kappa shape index (κ2) is 20.2. The molecule has 1 heterocycles. The molecule has 0 aromatic heterocycles. The molecule has 2 aromatic rings. The second-order valence-corrected chi connectivity index (χ2v) is 14.2. The molecule has 49 heavy (non-hydrogen) atoms. The minimum Gasteiger partial charge on any atom is -0.478 e. The van der Waals surface area contributed by atoms with E-state index < -0.39 is 40.9 Å². The Morgan fingerprint density at radius 3 is 2.31 bits per heavy atom. The first-order chi connectivity index (χ1) is 23.1.